The van der Waals surface area contributed by atoms with Crippen LogP contribution in [0, 0.1) is 0 Å². The van der Waals surface area contributed by atoms with Gasteiger partial charge in [-0.1, -0.05) is 11.6 Å². The van der Waals surface area contributed by atoms with Gasteiger partial charge in [0.1, 0.15) is 22.5 Å². The van der Waals surface area contributed by atoms with Crippen molar-refractivity contribution in [2.45, 2.75) is 82.5 Å². The summed E-state index contributed by atoms with van der Waals surface area (Å²) in [6, 6.07) is 17.2. The molecule has 0 saturated carbocycles. The van der Waals surface area contributed by atoms with Crippen molar-refractivity contribution >= 4 is 58.0 Å². The number of methoxy groups -OCH3 is 2. The number of carboxylic acid groups (broad SMARTS) is 1. The second kappa shape index (κ2) is 21.6. The number of aryl methyl sites for hydroxylation is 2. The van der Waals surface area contributed by atoms with Crippen molar-refractivity contribution < 1.29 is 32.5 Å². The number of fused-ring (bicyclic) bond motifs is 2. The number of aliphatic carboxylic acids is 1. The molecule has 0 amide bonds. The van der Waals surface area contributed by atoms with E-state index in [2.05, 4.69) is 65.1 Å². The third kappa shape index (κ3) is 13.4. The first-order valence-corrected chi connectivity index (χ1v) is 20.3. The molecule has 18 heteroatoms. The summed E-state index contributed by atoms with van der Waals surface area (Å²) in [4.78, 5) is 28.2. The summed E-state index contributed by atoms with van der Waals surface area (Å²) < 4.78 is 42.1. The van der Waals surface area contributed by atoms with Crippen LogP contribution in [-0.2, 0) is 30.5 Å². The fraction of sp³-hybridized carbons (Fsp3) is 0.475. The number of nitrogens with zero attached hydrogens (tertiary/aromatic N) is 5. The standard InChI is InChI=1S/C19H23ClN4O.C12H18N2O.C7H6Cl2N2.C2HF3O2/c1-25-15-9-7-13(8-10-15)21-14-4-3-11-24(12-14)18-16-5-2-6-17(16)22-19(20)23-18;1-15-12-6-4-10(5-7-12)14-11-3-2-8-13-9-11;8-6-4-2-1-3-5(4)10-7(9)11-6;3-2(4,5)1(6)7/h7-10,14,21H,2-6,11-12H2,1H3;4-7,11,13-14H,2-3,8-9H2,1H3;1-3H2;(H,6,7). The van der Waals surface area contributed by atoms with E-state index in [4.69, 9.17) is 54.2 Å². The van der Waals surface area contributed by atoms with Crippen LogP contribution in [0.5, 0.6) is 11.5 Å². The molecule has 58 heavy (non-hydrogen) atoms. The van der Waals surface area contributed by atoms with Crippen molar-refractivity contribution in [1.29, 1.82) is 0 Å². The minimum absolute atomic E-state index is 0.260. The molecule has 0 bridgehead atoms. The van der Waals surface area contributed by atoms with Gasteiger partial charge in [0.15, 0.2) is 0 Å². The van der Waals surface area contributed by atoms with Crippen LogP contribution in [0.25, 0.3) is 0 Å². The Morgan fingerprint density at radius 3 is 1.81 bits per heavy atom. The number of ether oxygens (including phenoxy) is 2. The Kier molecular flexibility index (Phi) is 16.7. The molecule has 4 heterocycles. The van der Waals surface area contributed by atoms with Gasteiger partial charge in [-0.3, -0.25) is 0 Å². The number of anilines is 3. The predicted molar refractivity (Wildman–Crippen MR) is 221 cm³/mol. The predicted octanol–water partition coefficient (Wildman–Crippen LogP) is 8.47. The molecule has 2 atom stereocenters. The fourth-order valence-electron chi connectivity index (χ4n) is 7.11. The molecule has 0 spiro atoms. The highest BCUT2D eigenvalue weighted by Crippen LogP contribution is 2.32. The molecule has 0 radical (unpaired) electrons. The molecule has 2 aromatic carbocycles. The third-order valence-corrected chi connectivity index (χ3v) is 10.6. The Morgan fingerprint density at radius 2 is 1.28 bits per heavy atom. The van der Waals surface area contributed by atoms with Crippen molar-refractivity contribution in [2.24, 2.45) is 0 Å². The molecular weight excluding hydrogens is 820 g/mol. The lowest BCUT2D eigenvalue weighted by Crippen LogP contribution is -2.43. The van der Waals surface area contributed by atoms with Crippen molar-refractivity contribution in [2.75, 3.05) is 55.9 Å². The van der Waals surface area contributed by atoms with Crippen LogP contribution in [0.1, 0.15) is 61.0 Å². The summed E-state index contributed by atoms with van der Waals surface area (Å²) in [6.07, 6.45) is 6.05. The quantitative estimate of drug-likeness (QED) is 0.104. The largest absolute Gasteiger partial charge is 0.497 e. The average Bonchev–Trinajstić information content (AvgIpc) is 3.89. The van der Waals surface area contributed by atoms with Crippen LogP contribution >= 0.6 is 34.8 Å². The van der Waals surface area contributed by atoms with Crippen molar-refractivity contribution in [1.82, 2.24) is 25.3 Å². The number of piperidine rings is 2. The number of aromatic nitrogens is 4. The maximum atomic E-state index is 10.6. The maximum Gasteiger partial charge on any atom is 0.490 e. The van der Waals surface area contributed by atoms with Crippen LogP contribution in [-0.4, -0.2) is 89.7 Å². The first-order valence-electron chi connectivity index (χ1n) is 19.2. The molecule has 4 aliphatic rings. The molecular formula is C40H48Cl3F3N8O4. The second-order valence-corrected chi connectivity index (χ2v) is 15.1. The number of carbonyl (C=O) groups is 1. The van der Waals surface area contributed by atoms with Gasteiger partial charge in [0, 0.05) is 54.2 Å². The number of carboxylic acids is 1. The molecule has 2 saturated heterocycles. The van der Waals surface area contributed by atoms with Crippen molar-refractivity contribution in [3.05, 3.63) is 86.8 Å². The lowest BCUT2D eigenvalue weighted by atomic mass is 10.0. The van der Waals surface area contributed by atoms with E-state index in [1.54, 1.807) is 14.2 Å². The highest BCUT2D eigenvalue weighted by Gasteiger charge is 2.38. The summed E-state index contributed by atoms with van der Waals surface area (Å²) in [7, 11) is 3.38. The smallest absolute Gasteiger partial charge is 0.490 e. The van der Waals surface area contributed by atoms with Crippen LogP contribution in [0.15, 0.2) is 48.5 Å². The lowest BCUT2D eigenvalue weighted by Gasteiger charge is -2.35. The minimum atomic E-state index is -5.08. The zero-order valence-corrected chi connectivity index (χ0v) is 34.6. The lowest BCUT2D eigenvalue weighted by molar-refractivity contribution is -0.192. The average molecular weight is 868 g/mol. The van der Waals surface area contributed by atoms with Gasteiger partial charge in [-0.05, 0) is 142 Å². The Morgan fingerprint density at radius 1 is 0.759 bits per heavy atom. The fourth-order valence-corrected chi connectivity index (χ4v) is 7.81. The topological polar surface area (TPSA) is 147 Å². The van der Waals surface area contributed by atoms with Gasteiger partial charge < -0.3 is 35.4 Å². The first-order chi connectivity index (χ1) is 27.8. The van der Waals surface area contributed by atoms with E-state index in [1.807, 2.05) is 24.3 Å². The van der Waals surface area contributed by atoms with Crippen molar-refractivity contribution in [3.63, 3.8) is 0 Å². The van der Waals surface area contributed by atoms with Gasteiger partial charge in [0.25, 0.3) is 0 Å². The van der Waals surface area contributed by atoms with E-state index in [0.29, 0.717) is 22.5 Å². The zero-order chi connectivity index (χ0) is 41.7. The Labute approximate surface area is 351 Å². The molecule has 4 aromatic rings. The van der Waals surface area contributed by atoms with E-state index in [9.17, 15) is 13.2 Å². The minimum Gasteiger partial charge on any atom is -0.497 e. The van der Waals surface area contributed by atoms with Gasteiger partial charge in [0.2, 0.25) is 10.6 Å². The molecule has 314 valence electrons. The summed E-state index contributed by atoms with van der Waals surface area (Å²) >= 11 is 17.6. The Bertz CT molecular complexity index is 1940. The third-order valence-electron chi connectivity index (χ3n) is 9.92. The molecule has 2 unspecified atom stereocenters. The molecule has 2 aliphatic heterocycles. The molecule has 8 rings (SSSR count). The number of alkyl halides is 3. The number of nitrogens with one attached hydrogen (secondary N) is 3. The Hall–Kier alpha value is -4.31. The number of hydrogen-bond donors (Lipinski definition) is 4. The van der Waals surface area contributed by atoms with Gasteiger partial charge in [-0.2, -0.15) is 13.2 Å². The number of halogens is 6. The van der Waals surface area contributed by atoms with E-state index < -0.39 is 12.1 Å². The Balaban J connectivity index is 0.000000165. The second-order valence-electron chi connectivity index (χ2n) is 14.0. The number of benzene rings is 2. The van der Waals surface area contributed by atoms with E-state index >= 15 is 0 Å². The van der Waals surface area contributed by atoms with Crippen LogP contribution in [0.3, 0.4) is 0 Å². The summed E-state index contributed by atoms with van der Waals surface area (Å²) in [5.74, 6) is 0.0746. The van der Waals surface area contributed by atoms with Crippen LogP contribution in [0.4, 0.5) is 30.4 Å². The maximum absolute atomic E-state index is 10.6. The summed E-state index contributed by atoms with van der Waals surface area (Å²) in [5, 5.41) is 18.8. The van der Waals surface area contributed by atoms with Gasteiger partial charge >= 0.3 is 12.1 Å². The number of rotatable bonds is 7. The first kappa shape index (κ1) is 44.8. The molecule has 12 nitrogen and oxygen atoms in total. The SMILES string of the molecule is COc1ccc(NC2CCCN(c3nc(Cl)nc4c3CCC4)C2)cc1.COc1ccc(NC2CCCNC2)cc1.Clc1nc(Cl)c2c(n1)CCC2.O=C(O)C(F)(F)F. The van der Waals surface area contributed by atoms with E-state index in [-0.39, 0.29) is 5.28 Å². The normalized spacial score (nSPS) is 18.1. The molecule has 4 N–H and O–H groups in total. The summed E-state index contributed by atoms with van der Waals surface area (Å²) in [5.41, 5.74) is 6.84. The van der Waals surface area contributed by atoms with E-state index in [1.165, 1.54) is 24.1 Å². The highest BCUT2D eigenvalue weighted by molar-refractivity contribution is 6.32. The van der Waals surface area contributed by atoms with Crippen LogP contribution < -0.4 is 30.3 Å². The molecule has 2 aromatic heterocycles. The van der Waals surface area contributed by atoms with Crippen molar-refractivity contribution in [3.8, 4) is 11.5 Å². The van der Waals surface area contributed by atoms with E-state index in [0.717, 1.165) is 118 Å². The van der Waals surface area contributed by atoms with Gasteiger partial charge in [-0.25, -0.2) is 24.7 Å². The van der Waals surface area contributed by atoms with Crippen LogP contribution in [0.2, 0.25) is 15.7 Å². The molecule has 2 aliphatic carbocycles. The zero-order valence-electron chi connectivity index (χ0n) is 32.3. The van der Waals surface area contributed by atoms with Gasteiger partial charge in [0.05, 0.1) is 25.6 Å². The highest BCUT2D eigenvalue weighted by atomic mass is 35.5. The molecule has 2 fully saturated rings. The van der Waals surface area contributed by atoms with Gasteiger partial charge in [-0.15, -0.1) is 0 Å². The monoisotopic (exact) mass is 866 g/mol. The summed E-state index contributed by atoms with van der Waals surface area (Å²) in [6.45, 7) is 4.18. The number of hydrogen-bond acceptors (Lipinski definition) is 11.